The lowest BCUT2D eigenvalue weighted by Crippen LogP contribution is -2.19. The Balaban J connectivity index is 3.41. The van der Waals surface area contributed by atoms with Crippen LogP contribution in [-0.4, -0.2) is 28.4 Å². The Bertz CT molecular complexity index is 545. The number of nitrogens with zero attached hydrogens (tertiary/aromatic N) is 1. The fourth-order valence-electron chi connectivity index (χ4n) is 2.36. The minimum absolute atomic E-state index is 0.105. The zero-order valence-electron chi connectivity index (χ0n) is 15.9. The van der Waals surface area contributed by atoms with E-state index in [2.05, 4.69) is 60.6 Å². The molecule has 0 fully saturated rings. The van der Waals surface area contributed by atoms with E-state index in [4.69, 9.17) is 12.2 Å². The highest BCUT2D eigenvalue weighted by atomic mass is 32.2. The largest absolute Gasteiger partial charge is 0.507 e. The van der Waals surface area contributed by atoms with Crippen molar-refractivity contribution in [1.29, 1.82) is 0 Å². The molecule has 1 rings (SSSR count). The van der Waals surface area contributed by atoms with Gasteiger partial charge in [-0.3, -0.25) is 0 Å². The van der Waals surface area contributed by atoms with Crippen molar-refractivity contribution in [3.63, 3.8) is 0 Å². The predicted octanol–water partition coefficient (Wildman–Crippen LogP) is 5.63. The van der Waals surface area contributed by atoms with E-state index in [1.54, 1.807) is 11.8 Å². The Kier molecular flexibility index (Phi) is 6.20. The molecule has 0 aliphatic rings. The molecule has 23 heavy (non-hydrogen) atoms. The van der Waals surface area contributed by atoms with E-state index < -0.39 is 0 Å². The van der Waals surface area contributed by atoms with Gasteiger partial charge in [0.1, 0.15) is 10.1 Å². The Hall–Kier alpha value is -0.740. The van der Waals surface area contributed by atoms with E-state index in [0.717, 1.165) is 15.4 Å². The smallest absolute Gasteiger partial charge is 0.136 e. The van der Waals surface area contributed by atoms with Crippen LogP contribution < -0.4 is 0 Å². The van der Waals surface area contributed by atoms with Gasteiger partial charge in [-0.2, -0.15) is 0 Å². The van der Waals surface area contributed by atoms with Crippen molar-refractivity contribution < 1.29 is 5.11 Å². The Labute approximate surface area is 151 Å². The lowest BCUT2D eigenvalue weighted by Gasteiger charge is -2.29. The molecule has 0 heterocycles. The molecular weight excluding hydrogens is 322 g/mol. The van der Waals surface area contributed by atoms with Gasteiger partial charge in [0, 0.05) is 19.3 Å². The summed E-state index contributed by atoms with van der Waals surface area (Å²) >= 11 is 7.11. The maximum atomic E-state index is 10.8. The number of rotatable bonds is 2. The van der Waals surface area contributed by atoms with Crippen LogP contribution in [0.1, 0.15) is 70.4 Å². The molecule has 0 radical (unpaired) electrons. The van der Waals surface area contributed by atoms with E-state index in [1.165, 1.54) is 5.56 Å². The second-order valence-corrected chi connectivity index (χ2v) is 10.4. The van der Waals surface area contributed by atoms with Crippen molar-refractivity contribution in [3.8, 4) is 5.75 Å². The van der Waals surface area contributed by atoms with Crippen LogP contribution in [0, 0.1) is 0 Å². The normalized spacial score (nSPS) is 13.8. The van der Waals surface area contributed by atoms with Crippen molar-refractivity contribution >= 4 is 28.3 Å². The van der Waals surface area contributed by atoms with Crippen LogP contribution in [0.15, 0.2) is 12.1 Å². The highest BCUT2D eigenvalue weighted by molar-refractivity contribution is 8.23. The maximum Gasteiger partial charge on any atom is 0.136 e. The van der Waals surface area contributed by atoms with E-state index in [0.29, 0.717) is 5.75 Å². The lowest BCUT2D eigenvalue weighted by molar-refractivity contribution is 0.422. The van der Waals surface area contributed by atoms with Crippen molar-refractivity contribution in [3.05, 3.63) is 28.8 Å². The molecule has 0 saturated heterocycles. The molecule has 0 saturated carbocycles. The molecule has 1 N–H and O–H groups in total. The first-order valence-corrected chi connectivity index (χ1v) is 9.29. The average Bonchev–Trinajstić information content (AvgIpc) is 2.35. The molecule has 0 bridgehead atoms. The number of hydrogen-bond acceptors (Lipinski definition) is 3. The minimum atomic E-state index is -0.105. The molecule has 0 spiro atoms. The first-order chi connectivity index (χ1) is 10.2. The number of aromatic hydroxyl groups is 1. The topological polar surface area (TPSA) is 23.5 Å². The molecule has 2 nitrogen and oxygen atoms in total. The summed E-state index contributed by atoms with van der Waals surface area (Å²) in [4.78, 5) is 1.96. The number of thioether (sulfide) groups is 1. The molecule has 1 aromatic rings. The summed E-state index contributed by atoms with van der Waals surface area (Å²) in [6.45, 7) is 15.0. The molecule has 4 heteroatoms. The van der Waals surface area contributed by atoms with Crippen molar-refractivity contribution in [2.24, 2.45) is 0 Å². The van der Waals surface area contributed by atoms with Gasteiger partial charge in [0.05, 0.1) is 0 Å². The number of thiocarbonyl (C=S) groups is 1. The third kappa shape index (κ3) is 5.12. The molecule has 0 amide bonds. The monoisotopic (exact) mass is 353 g/mol. The van der Waals surface area contributed by atoms with E-state index in [-0.39, 0.29) is 16.1 Å². The van der Waals surface area contributed by atoms with Crippen LogP contribution in [0.25, 0.3) is 0 Å². The van der Waals surface area contributed by atoms with Crippen molar-refractivity contribution in [1.82, 2.24) is 4.90 Å². The highest BCUT2D eigenvalue weighted by Gasteiger charge is 2.27. The summed E-state index contributed by atoms with van der Waals surface area (Å²) in [5.74, 6) is 0.432. The van der Waals surface area contributed by atoms with Gasteiger partial charge >= 0.3 is 0 Å². The van der Waals surface area contributed by atoms with Gasteiger partial charge in [0.2, 0.25) is 0 Å². The number of hydrogen-bond donors (Lipinski definition) is 1. The number of benzene rings is 1. The Morgan fingerprint density at radius 2 is 1.43 bits per heavy atom. The van der Waals surface area contributed by atoms with E-state index in [1.807, 2.05) is 19.0 Å². The molecule has 1 unspecified atom stereocenters. The van der Waals surface area contributed by atoms with Crippen LogP contribution in [0.4, 0.5) is 0 Å². The standard InChI is InChI=1S/C19H31NOS2/c1-12(23-17(22)20(8)9)13-10-14(18(2,3)4)16(21)15(11-13)19(5,6)7/h10-12,21H,1-9H3. The van der Waals surface area contributed by atoms with E-state index in [9.17, 15) is 5.11 Å². The maximum absolute atomic E-state index is 10.8. The summed E-state index contributed by atoms with van der Waals surface area (Å²) in [6, 6.07) is 4.28. The fourth-order valence-corrected chi connectivity index (χ4v) is 3.58. The minimum Gasteiger partial charge on any atom is -0.507 e. The quantitative estimate of drug-likeness (QED) is 0.696. The van der Waals surface area contributed by atoms with E-state index >= 15 is 0 Å². The van der Waals surface area contributed by atoms with Crippen molar-refractivity contribution in [2.45, 2.75) is 64.5 Å². The van der Waals surface area contributed by atoms with Crippen LogP contribution in [0.3, 0.4) is 0 Å². The lowest BCUT2D eigenvalue weighted by atomic mass is 9.78. The number of phenols is 1. The van der Waals surface area contributed by atoms with Crippen LogP contribution >= 0.6 is 24.0 Å². The molecule has 0 aliphatic carbocycles. The zero-order valence-corrected chi connectivity index (χ0v) is 17.6. The van der Waals surface area contributed by atoms with Crippen LogP contribution in [0.5, 0.6) is 5.75 Å². The van der Waals surface area contributed by atoms with Gasteiger partial charge < -0.3 is 10.0 Å². The predicted molar refractivity (Wildman–Crippen MR) is 108 cm³/mol. The first kappa shape index (κ1) is 20.3. The van der Waals surface area contributed by atoms with Crippen LogP contribution in [0.2, 0.25) is 0 Å². The first-order valence-electron chi connectivity index (χ1n) is 8.01. The number of phenolic OH excluding ortho intramolecular Hbond substituents is 1. The average molecular weight is 354 g/mol. The molecule has 130 valence electrons. The third-order valence-electron chi connectivity index (χ3n) is 3.86. The molecule has 1 atom stereocenters. The summed E-state index contributed by atoms with van der Waals surface area (Å²) in [5.41, 5.74) is 3.01. The summed E-state index contributed by atoms with van der Waals surface area (Å²) in [5, 5.41) is 11.0. The van der Waals surface area contributed by atoms with Gasteiger partial charge in [-0.1, -0.05) is 77.7 Å². The second-order valence-electron chi connectivity index (χ2n) is 8.39. The summed E-state index contributed by atoms with van der Waals surface area (Å²) in [6.07, 6.45) is 0. The zero-order chi connectivity index (χ0) is 18.2. The highest BCUT2D eigenvalue weighted by Crippen LogP contribution is 2.42. The van der Waals surface area contributed by atoms with Crippen molar-refractivity contribution in [2.75, 3.05) is 14.1 Å². The Morgan fingerprint density at radius 1 is 1.04 bits per heavy atom. The molecule has 0 aliphatic heterocycles. The summed E-state index contributed by atoms with van der Waals surface area (Å²) in [7, 11) is 3.94. The molecular formula is C19H31NOS2. The van der Waals surface area contributed by atoms with Gasteiger partial charge in [-0.25, -0.2) is 0 Å². The van der Waals surface area contributed by atoms with Gasteiger partial charge in [-0.15, -0.1) is 0 Å². The second kappa shape index (κ2) is 7.02. The third-order valence-corrected chi connectivity index (χ3v) is 5.71. The van der Waals surface area contributed by atoms with Gasteiger partial charge in [0.25, 0.3) is 0 Å². The SMILES string of the molecule is CC(SC(=S)N(C)C)c1cc(C(C)(C)C)c(O)c(C(C)(C)C)c1. The molecule has 0 aromatic heterocycles. The van der Waals surface area contributed by atoms with Crippen LogP contribution in [-0.2, 0) is 10.8 Å². The Morgan fingerprint density at radius 3 is 1.74 bits per heavy atom. The molecule has 1 aromatic carbocycles. The summed E-state index contributed by atoms with van der Waals surface area (Å²) < 4.78 is 0.875. The van der Waals surface area contributed by atoms with Gasteiger partial charge in [0.15, 0.2) is 0 Å². The fraction of sp³-hybridized carbons (Fsp3) is 0.632. The van der Waals surface area contributed by atoms with Gasteiger partial charge in [-0.05, 0) is 34.4 Å².